The van der Waals surface area contributed by atoms with Crippen LogP contribution in [0.4, 0.5) is 0 Å². The number of benzene rings is 5. The quantitative estimate of drug-likeness (QED) is 0.194. The van der Waals surface area contributed by atoms with Crippen molar-refractivity contribution in [1.82, 2.24) is 9.13 Å². The van der Waals surface area contributed by atoms with Gasteiger partial charge in [0.15, 0.2) is 5.58 Å². The molecule has 10 rings (SSSR count). The Balaban J connectivity index is 1.33. The highest BCUT2D eigenvalue weighted by Crippen LogP contribution is 2.38. The van der Waals surface area contributed by atoms with Gasteiger partial charge in [-0.05, 0) is 66.6 Å². The van der Waals surface area contributed by atoms with E-state index in [1.54, 1.807) is 0 Å². The van der Waals surface area contributed by atoms with Crippen LogP contribution in [-0.2, 0) is 6.42 Å². The van der Waals surface area contributed by atoms with E-state index >= 15 is 0 Å². The summed E-state index contributed by atoms with van der Waals surface area (Å²) in [7, 11) is 0. The van der Waals surface area contributed by atoms with Gasteiger partial charge in [0.25, 0.3) is 0 Å². The number of nitrogens with zero attached hydrogens (tertiary/aromatic N) is 2. The van der Waals surface area contributed by atoms with E-state index in [9.17, 15) is 4.79 Å². The van der Waals surface area contributed by atoms with Crippen molar-refractivity contribution in [2.24, 2.45) is 0 Å². The van der Waals surface area contributed by atoms with Crippen LogP contribution >= 0.6 is 0 Å². The Kier molecular flexibility index (Phi) is 5.50. The molecule has 0 bridgehead atoms. The summed E-state index contributed by atoms with van der Waals surface area (Å²) < 4.78 is 16.8. The molecule has 9 aromatic rings. The van der Waals surface area contributed by atoms with Crippen LogP contribution < -0.4 is 16.1 Å². The molecule has 0 aliphatic heterocycles. The van der Waals surface area contributed by atoms with E-state index in [2.05, 4.69) is 101 Å². The average molecular weight is 621 g/mol. The second-order valence-corrected chi connectivity index (χ2v) is 12.5. The number of hydrogen-bond acceptors (Lipinski definition) is 3. The van der Waals surface area contributed by atoms with Gasteiger partial charge in [-0.25, -0.2) is 4.79 Å². The highest BCUT2D eigenvalue weighted by molar-refractivity contribution is 6.13. The topological polar surface area (TPSA) is 53.2 Å². The van der Waals surface area contributed by atoms with E-state index in [0.717, 1.165) is 89.6 Å². The second kappa shape index (κ2) is 9.84. The molecule has 4 heterocycles. The lowest BCUT2D eigenvalue weighted by Gasteiger charge is -2.11. The van der Waals surface area contributed by atoms with E-state index in [-0.39, 0.29) is 0 Å². The number of rotatable bonds is 2. The van der Waals surface area contributed by atoms with Gasteiger partial charge >= 0.3 is 5.63 Å². The predicted molar refractivity (Wildman–Crippen MR) is 195 cm³/mol. The number of fused-ring (bicyclic) bond motifs is 8. The van der Waals surface area contributed by atoms with Crippen molar-refractivity contribution in [2.75, 3.05) is 0 Å². The molecule has 0 N–H and O–H groups in total. The fourth-order valence-corrected chi connectivity index (χ4v) is 7.81. The molecule has 1 aliphatic rings. The summed E-state index contributed by atoms with van der Waals surface area (Å²) in [6.07, 6.45) is 5.58. The molecule has 4 aromatic heterocycles. The van der Waals surface area contributed by atoms with Crippen molar-refractivity contribution < 1.29 is 8.83 Å². The summed E-state index contributed by atoms with van der Waals surface area (Å²) >= 11 is 0. The van der Waals surface area contributed by atoms with Crippen LogP contribution in [0.25, 0.3) is 85.3 Å². The number of allylic oxidation sites excluding steroid dienone is 1. The zero-order chi connectivity index (χ0) is 32.1. The molecule has 0 saturated carbocycles. The summed E-state index contributed by atoms with van der Waals surface area (Å²) in [4.78, 5) is 13.8. The minimum Gasteiger partial charge on any atom is -0.454 e. The van der Waals surface area contributed by atoms with Crippen LogP contribution in [-0.4, -0.2) is 9.13 Å². The minimum absolute atomic E-state index is 0.407. The SMILES string of the molecule is C=c1c2c(oc(=O)/c1=c1/c(=C)c3ccccc3n1-c1ccc3c(c1)c1ccccc1n3-c1cccc3c1oc1ccccc13)C=CCC2. The maximum Gasteiger partial charge on any atom is 0.346 e. The Bertz CT molecular complexity index is 3130. The predicted octanol–water partition coefficient (Wildman–Crippen LogP) is 8.65. The fraction of sp³-hybridized carbons (Fsp3) is 0.0465. The molecule has 5 nitrogen and oxygen atoms in total. The zero-order valence-corrected chi connectivity index (χ0v) is 26.0. The molecular formula is C43H28N2O3. The summed E-state index contributed by atoms with van der Waals surface area (Å²) in [6.45, 7) is 8.95. The van der Waals surface area contributed by atoms with Crippen molar-refractivity contribution in [1.29, 1.82) is 0 Å². The Morgan fingerprint density at radius 2 is 1.33 bits per heavy atom. The largest absolute Gasteiger partial charge is 0.454 e. The lowest BCUT2D eigenvalue weighted by atomic mass is 10.0. The number of hydrogen-bond donors (Lipinski definition) is 0. The molecule has 48 heavy (non-hydrogen) atoms. The van der Waals surface area contributed by atoms with E-state index in [1.807, 2.05) is 42.5 Å². The van der Waals surface area contributed by atoms with Gasteiger partial charge in [-0.3, -0.25) is 0 Å². The first kappa shape index (κ1) is 26.8. The molecule has 0 saturated heterocycles. The summed E-state index contributed by atoms with van der Waals surface area (Å²) in [5, 5.41) is 8.01. The monoisotopic (exact) mass is 620 g/mol. The first-order valence-electron chi connectivity index (χ1n) is 16.2. The molecular weight excluding hydrogens is 592 g/mol. The van der Waals surface area contributed by atoms with Gasteiger partial charge in [0.1, 0.15) is 11.3 Å². The van der Waals surface area contributed by atoms with Crippen molar-refractivity contribution >= 4 is 73.9 Å². The van der Waals surface area contributed by atoms with Gasteiger partial charge in [0.05, 0.1) is 32.8 Å². The van der Waals surface area contributed by atoms with Gasteiger partial charge in [-0.15, -0.1) is 0 Å². The maximum absolute atomic E-state index is 13.8. The van der Waals surface area contributed by atoms with Crippen molar-refractivity contribution in [3.63, 3.8) is 0 Å². The maximum atomic E-state index is 13.8. The van der Waals surface area contributed by atoms with E-state index < -0.39 is 5.63 Å². The van der Waals surface area contributed by atoms with Crippen LogP contribution in [0.15, 0.2) is 129 Å². The molecule has 0 spiro atoms. The van der Waals surface area contributed by atoms with Crippen molar-refractivity contribution in [3.05, 3.63) is 158 Å². The third-order valence-electron chi connectivity index (χ3n) is 9.96. The summed E-state index contributed by atoms with van der Waals surface area (Å²) in [6, 6.07) is 37.7. The highest BCUT2D eigenvalue weighted by atomic mass is 16.4. The molecule has 0 radical (unpaired) electrons. The number of aromatic nitrogens is 2. The Hall–Kier alpha value is -6.33. The first-order valence-corrected chi connectivity index (χ1v) is 16.2. The van der Waals surface area contributed by atoms with Gasteiger partial charge in [-0.2, -0.15) is 0 Å². The van der Waals surface area contributed by atoms with Crippen LogP contribution in [0.2, 0.25) is 0 Å². The van der Waals surface area contributed by atoms with Gasteiger partial charge < -0.3 is 18.0 Å². The molecule has 0 amide bonds. The first-order chi connectivity index (χ1) is 23.6. The van der Waals surface area contributed by atoms with E-state index in [1.165, 1.54) is 0 Å². The van der Waals surface area contributed by atoms with Crippen molar-refractivity contribution in [2.45, 2.75) is 12.8 Å². The average Bonchev–Trinajstić information content (AvgIpc) is 3.76. The summed E-state index contributed by atoms with van der Waals surface area (Å²) in [5.74, 6) is 0.599. The third kappa shape index (κ3) is 3.58. The molecule has 0 atom stereocenters. The van der Waals surface area contributed by atoms with Gasteiger partial charge in [-0.1, -0.05) is 86.0 Å². The highest BCUT2D eigenvalue weighted by Gasteiger charge is 2.20. The molecule has 0 fully saturated rings. The van der Waals surface area contributed by atoms with Crippen LogP contribution in [0, 0.1) is 10.6 Å². The number of para-hydroxylation sites is 4. The van der Waals surface area contributed by atoms with Crippen LogP contribution in [0.1, 0.15) is 17.7 Å². The fourth-order valence-electron chi connectivity index (χ4n) is 7.81. The smallest absolute Gasteiger partial charge is 0.346 e. The third-order valence-corrected chi connectivity index (χ3v) is 9.96. The molecule has 1 aliphatic carbocycles. The lowest BCUT2D eigenvalue weighted by molar-refractivity contribution is 0.484. The van der Waals surface area contributed by atoms with Crippen LogP contribution in [0.3, 0.4) is 0 Å². The summed E-state index contributed by atoms with van der Waals surface area (Å²) in [5.41, 5.74) is 7.29. The lowest BCUT2D eigenvalue weighted by Crippen LogP contribution is -2.24. The number of furan rings is 1. The van der Waals surface area contributed by atoms with Crippen LogP contribution in [0.5, 0.6) is 0 Å². The molecule has 228 valence electrons. The second-order valence-electron chi connectivity index (χ2n) is 12.5. The van der Waals surface area contributed by atoms with Gasteiger partial charge in [0, 0.05) is 43.4 Å². The van der Waals surface area contributed by atoms with E-state index in [4.69, 9.17) is 8.83 Å². The minimum atomic E-state index is -0.407. The standard InChI is InChI=1S/C43H28N2O3/c1-25-29-13-5-9-20-38(29)48-43(46)40(25)41-26(2)28-12-3-7-17-34(28)44(41)27-22-23-36-33(24-27)30-14-4-8-18-35(30)45(36)37-19-11-16-32-31-15-6-10-21-39(31)47-42(32)37/h3-4,6-12,14-24H,1-2,5,13H2/b41-40-. The Labute approximate surface area is 273 Å². The zero-order valence-electron chi connectivity index (χ0n) is 26.0. The Morgan fingerprint density at radius 3 is 2.19 bits per heavy atom. The normalized spacial score (nSPS) is 13.8. The van der Waals surface area contributed by atoms with Crippen molar-refractivity contribution in [3.8, 4) is 11.4 Å². The molecule has 0 unspecified atom stereocenters. The molecule has 5 heteroatoms. The van der Waals surface area contributed by atoms with E-state index in [0.29, 0.717) is 21.5 Å². The Morgan fingerprint density at radius 1 is 0.625 bits per heavy atom. The van der Waals surface area contributed by atoms with Gasteiger partial charge in [0.2, 0.25) is 0 Å². The molecule has 5 aromatic carbocycles.